The third-order valence-corrected chi connectivity index (χ3v) is 3.66. The highest BCUT2D eigenvalue weighted by Gasteiger charge is 2.18. The van der Waals surface area contributed by atoms with E-state index in [2.05, 4.69) is 15.0 Å². The van der Waals surface area contributed by atoms with Crippen molar-refractivity contribution in [2.75, 3.05) is 12.4 Å². The lowest BCUT2D eigenvalue weighted by molar-refractivity contribution is -0.384. The van der Waals surface area contributed by atoms with Gasteiger partial charge in [0.2, 0.25) is 0 Å². The molecule has 0 saturated heterocycles. The van der Waals surface area contributed by atoms with E-state index in [1.54, 1.807) is 6.07 Å². The quantitative estimate of drug-likeness (QED) is 0.439. The first-order valence-corrected chi connectivity index (χ1v) is 7.52. The van der Waals surface area contributed by atoms with E-state index < -0.39 is 16.8 Å². The van der Waals surface area contributed by atoms with Crippen molar-refractivity contribution in [1.82, 2.24) is 4.98 Å². The van der Waals surface area contributed by atoms with Gasteiger partial charge in [-0.3, -0.25) is 19.9 Å². The molecule has 3 rings (SSSR count). The third-order valence-electron chi connectivity index (χ3n) is 3.66. The highest BCUT2D eigenvalue weighted by Crippen LogP contribution is 2.21. The Labute approximate surface area is 147 Å². The van der Waals surface area contributed by atoms with E-state index in [1.165, 1.54) is 12.3 Å². The van der Waals surface area contributed by atoms with E-state index in [1.807, 2.05) is 24.3 Å². The fraction of sp³-hybridized carbons (Fsp3) is 0.0556. The van der Waals surface area contributed by atoms with Crippen LogP contribution in [0.15, 0.2) is 54.7 Å². The van der Waals surface area contributed by atoms with E-state index in [0.29, 0.717) is 5.69 Å². The van der Waals surface area contributed by atoms with Crippen LogP contribution in [-0.2, 0) is 4.74 Å². The van der Waals surface area contributed by atoms with Gasteiger partial charge in [0.05, 0.1) is 35.0 Å². The molecule has 0 spiro atoms. The monoisotopic (exact) mass is 351 g/mol. The third kappa shape index (κ3) is 3.48. The average Bonchev–Trinajstić information content (AvgIpc) is 2.66. The highest BCUT2D eigenvalue weighted by atomic mass is 16.6. The van der Waals surface area contributed by atoms with Crippen molar-refractivity contribution in [1.29, 1.82) is 0 Å². The van der Waals surface area contributed by atoms with Crippen LogP contribution in [0.5, 0.6) is 0 Å². The number of nitrogens with one attached hydrogen (secondary N) is 1. The number of anilines is 1. The minimum atomic E-state index is -0.768. The lowest BCUT2D eigenvalue weighted by atomic mass is 10.1. The van der Waals surface area contributed by atoms with Crippen LogP contribution in [-0.4, -0.2) is 28.9 Å². The van der Waals surface area contributed by atoms with Gasteiger partial charge in [0, 0.05) is 23.1 Å². The van der Waals surface area contributed by atoms with Crippen LogP contribution in [0.25, 0.3) is 10.9 Å². The van der Waals surface area contributed by atoms with Gasteiger partial charge in [0.15, 0.2) is 0 Å². The number of esters is 1. The average molecular weight is 351 g/mol. The molecular weight excluding hydrogens is 338 g/mol. The van der Waals surface area contributed by atoms with E-state index in [4.69, 9.17) is 0 Å². The zero-order valence-corrected chi connectivity index (χ0v) is 13.6. The molecule has 0 unspecified atom stereocenters. The minimum absolute atomic E-state index is 0.0345. The molecule has 0 bridgehead atoms. The summed E-state index contributed by atoms with van der Waals surface area (Å²) in [5.41, 5.74) is 0.708. The summed E-state index contributed by atoms with van der Waals surface area (Å²) in [5, 5.41) is 14.5. The van der Waals surface area contributed by atoms with Crippen LogP contribution < -0.4 is 5.32 Å². The summed E-state index contributed by atoms with van der Waals surface area (Å²) in [7, 11) is 1.15. The maximum Gasteiger partial charge on any atom is 0.338 e. The van der Waals surface area contributed by atoms with E-state index >= 15 is 0 Å². The normalized spacial score (nSPS) is 10.3. The number of carbonyl (C=O) groups excluding carboxylic acids is 2. The van der Waals surface area contributed by atoms with Gasteiger partial charge in [-0.2, -0.15) is 0 Å². The summed E-state index contributed by atoms with van der Waals surface area (Å²) in [6, 6.07) is 12.5. The summed E-state index contributed by atoms with van der Waals surface area (Å²) >= 11 is 0. The number of amides is 1. The Bertz CT molecular complexity index is 1030. The maximum atomic E-state index is 12.5. The lowest BCUT2D eigenvalue weighted by Crippen LogP contribution is -2.14. The Hall–Kier alpha value is -3.81. The summed E-state index contributed by atoms with van der Waals surface area (Å²) in [5.74, 6) is -1.37. The Morgan fingerprint density at radius 1 is 1.12 bits per heavy atom. The van der Waals surface area contributed by atoms with Crippen LogP contribution in [0.2, 0.25) is 0 Å². The standard InChI is InChI=1S/C18H13N3O5/c1-26-18(23)13-6-12(8-15(9-13)21(24)25)17(22)20-14-7-11-4-2-3-5-16(11)19-10-14/h2-10H,1H3,(H,20,22). The number of ether oxygens (including phenoxy) is 1. The second kappa shape index (κ2) is 6.98. The van der Waals surface area contributed by atoms with Crippen LogP contribution in [0.1, 0.15) is 20.7 Å². The number of nitro benzene ring substituents is 1. The first-order chi connectivity index (χ1) is 12.5. The molecule has 0 radical (unpaired) electrons. The number of hydrogen-bond acceptors (Lipinski definition) is 6. The predicted octanol–water partition coefficient (Wildman–Crippen LogP) is 3.18. The number of carbonyl (C=O) groups is 2. The molecular formula is C18H13N3O5. The van der Waals surface area contributed by atoms with Crippen molar-refractivity contribution in [2.45, 2.75) is 0 Å². The first-order valence-electron chi connectivity index (χ1n) is 7.52. The van der Waals surface area contributed by atoms with Gasteiger partial charge < -0.3 is 10.1 Å². The molecule has 0 aliphatic heterocycles. The highest BCUT2D eigenvalue weighted by molar-refractivity contribution is 6.06. The number of fused-ring (bicyclic) bond motifs is 1. The first kappa shape index (κ1) is 17.0. The van der Waals surface area contributed by atoms with Gasteiger partial charge in [0.1, 0.15) is 0 Å². The van der Waals surface area contributed by atoms with Gasteiger partial charge in [-0.05, 0) is 18.2 Å². The Morgan fingerprint density at radius 2 is 1.85 bits per heavy atom. The Morgan fingerprint density at radius 3 is 2.58 bits per heavy atom. The molecule has 0 saturated carbocycles. The molecule has 3 aromatic rings. The molecule has 0 aliphatic carbocycles. The molecule has 8 heteroatoms. The van der Waals surface area contributed by atoms with Crippen LogP contribution in [0.4, 0.5) is 11.4 Å². The second-order valence-corrected chi connectivity index (χ2v) is 5.39. The number of benzene rings is 2. The SMILES string of the molecule is COC(=O)c1cc(C(=O)Nc2cnc3ccccc3c2)cc([N+](=O)[O-])c1. The number of methoxy groups -OCH3 is 1. The molecule has 0 fully saturated rings. The number of rotatable bonds is 4. The molecule has 0 aliphatic rings. The van der Waals surface area contributed by atoms with Crippen molar-refractivity contribution in [3.8, 4) is 0 Å². The van der Waals surface area contributed by atoms with Gasteiger partial charge >= 0.3 is 5.97 Å². The molecule has 8 nitrogen and oxygen atoms in total. The smallest absolute Gasteiger partial charge is 0.338 e. The van der Waals surface area contributed by atoms with Crippen molar-refractivity contribution < 1.29 is 19.2 Å². The fourth-order valence-electron chi connectivity index (χ4n) is 2.43. The molecule has 1 amide bonds. The fourth-order valence-corrected chi connectivity index (χ4v) is 2.43. The topological polar surface area (TPSA) is 111 Å². The summed E-state index contributed by atoms with van der Waals surface area (Å²) in [6.45, 7) is 0. The molecule has 1 N–H and O–H groups in total. The summed E-state index contributed by atoms with van der Waals surface area (Å²) in [6.07, 6.45) is 1.48. The van der Waals surface area contributed by atoms with Gasteiger partial charge in [-0.15, -0.1) is 0 Å². The summed E-state index contributed by atoms with van der Waals surface area (Å²) < 4.78 is 4.57. The summed E-state index contributed by atoms with van der Waals surface area (Å²) in [4.78, 5) is 38.8. The molecule has 26 heavy (non-hydrogen) atoms. The number of pyridine rings is 1. The van der Waals surface area contributed by atoms with Crippen molar-refractivity contribution >= 4 is 34.2 Å². The van der Waals surface area contributed by atoms with Crippen molar-refractivity contribution in [3.05, 3.63) is 76.0 Å². The Kier molecular flexibility index (Phi) is 4.57. The number of non-ortho nitro benzene ring substituents is 1. The van der Waals surface area contributed by atoms with Gasteiger partial charge in [0.25, 0.3) is 11.6 Å². The van der Waals surface area contributed by atoms with Gasteiger partial charge in [-0.25, -0.2) is 4.79 Å². The van der Waals surface area contributed by atoms with Crippen molar-refractivity contribution in [2.24, 2.45) is 0 Å². The van der Waals surface area contributed by atoms with E-state index in [9.17, 15) is 19.7 Å². The minimum Gasteiger partial charge on any atom is -0.465 e. The zero-order chi connectivity index (χ0) is 18.7. The number of nitrogens with zero attached hydrogens (tertiary/aromatic N) is 2. The van der Waals surface area contributed by atoms with Crippen molar-refractivity contribution in [3.63, 3.8) is 0 Å². The molecule has 2 aromatic carbocycles. The maximum absolute atomic E-state index is 12.5. The number of para-hydroxylation sites is 1. The second-order valence-electron chi connectivity index (χ2n) is 5.39. The predicted molar refractivity (Wildman–Crippen MR) is 94.1 cm³/mol. The van der Waals surface area contributed by atoms with E-state index in [-0.39, 0.29) is 16.8 Å². The number of nitro groups is 1. The molecule has 0 atom stereocenters. The molecule has 1 aromatic heterocycles. The van der Waals surface area contributed by atoms with Crippen LogP contribution in [0.3, 0.4) is 0 Å². The van der Waals surface area contributed by atoms with E-state index in [0.717, 1.165) is 30.1 Å². The zero-order valence-electron chi connectivity index (χ0n) is 13.6. The number of aromatic nitrogens is 1. The largest absolute Gasteiger partial charge is 0.465 e. The van der Waals surface area contributed by atoms with Crippen LogP contribution >= 0.6 is 0 Å². The van der Waals surface area contributed by atoms with Gasteiger partial charge in [-0.1, -0.05) is 18.2 Å². The molecule has 130 valence electrons. The molecule has 1 heterocycles. The van der Waals surface area contributed by atoms with Crippen LogP contribution in [0, 0.1) is 10.1 Å². The number of hydrogen-bond donors (Lipinski definition) is 1. The Balaban J connectivity index is 1.93. The lowest BCUT2D eigenvalue weighted by Gasteiger charge is -2.07.